The first-order valence-electron chi connectivity index (χ1n) is 9.45. The van der Waals surface area contributed by atoms with Gasteiger partial charge in [-0.2, -0.15) is 5.10 Å². The van der Waals surface area contributed by atoms with Gasteiger partial charge in [0.1, 0.15) is 5.75 Å². The largest absolute Gasteiger partial charge is 0.497 e. The number of piperazine rings is 1. The van der Waals surface area contributed by atoms with E-state index in [0.717, 1.165) is 56.3 Å². The molecule has 0 N–H and O–H groups in total. The van der Waals surface area contributed by atoms with E-state index in [1.54, 1.807) is 13.2 Å². The normalized spacial score (nSPS) is 15.4. The molecule has 27 heavy (non-hydrogen) atoms. The molecule has 1 amide bonds. The van der Waals surface area contributed by atoms with Gasteiger partial charge < -0.3 is 9.64 Å². The maximum atomic E-state index is 12.4. The standard InChI is InChI=1S/C21H28N4O2/c1-4-25-16-19(17(2)22-25)15-23-11-13-24(14-12-23)21(26)10-7-18-5-8-20(27-3)9-6-18/h5-10,16H,4,11-15H2,1-3H3/b10-7+. The van der Waals surface area contributed by atoms with Crippen LogP contribution in [-0.4, -0.2) is 58.8 Å². The number of aryl methyl sites for hydroxylation is 2. The maximum Gasteiger partial charge on any atom is 0.246 e. The monoisotopic (exact) mass is 368 g/mol. The van der Waals surface area contributed by atoms with Gasteiger partial charge in [-0.1, -0.05) is 12.1 Å². The molecule has 6 heteroatoms. The molecule has 0 spiro atoms. The van der Waals surface area contributed by atoms with Crippen molar-refractivity contribution in [2.24, 2.45) is 0 Å². The second-order valence-electron chi connectivity index (χ2n) is 6.80. The van der Waals surface area contributed by atoms with Crippen LogP contribution in [0.4, 0.5) is 0 Å². The summed E-state index contributed by atoms with van der Waals surface area (Å²) in [5, 5.41) is 4.51. The molecule has 0 radical (unpaired) electrons. The summed E-state index contributed by atoms with van der Waals surface area (Å²) in [4.78, 5) is 16.7. The van der Waals surface area contributed by atoms with Gasteiger partial charge in [-0.15, -0.1) is 0 Å². The van der Waals surface area contributed by atoms with E-state index < -0.39 is 0 Å². The van der Waals surface area contributed by atoms with E-state index in [9.17, 15) is 4.79 Å². The van der Waals surface area contributed by atoms with Crippen molar-refractivity contribution in [3.8, 4) is 5.75 Å². The molecule has 1 aromatic heterocycles. The predicted molar refractivity (Wildman–Crippen MR) is 107 cm³/mol. The number of nitrogens with zero attached hydrogens (tertiary/aromatic N) is 4. The van der Waals surface area contributed by atoms with Crippen LogP contribution in [0.1, 0.15) is 23.7 Å². The number of carbonyl (C=O) groups is 1. The fourth-order valence-electron chi connectivity index (χ4n) is 3.23. The van der Waals surface area contributed by atoms with Crippen LogP contribution in [-0.2, 0) is 17.9 Å². The van der Waals surface area contributed by atoms with Gasteiger partial charge >= 0.3 is 0 Å². The quantitative estimate of drug-likeness (QED) is 0.736. The Kier molecular flexibility index (Phi) is 6.29. The average molecular weight is 368 g/mol. The van der Waals surface area contributed by atoms with Crippen molar-refractivity contribution in [2.45, 2.75) is 26.9 Å². The van der Waals surface area contributed by atoms with Gasteiger partial charge in [0.2, 0.25) is 5.91 Å². The molecule has 0 bridgehead atoms. The van der Waals surface area contributed by atoms with Crippen LogP contribution in [0.5, 0.6) is 5.75 Å². The van der Waals surface area contributed by atoms with Gasteiger partial charge in [0.15, 0.2) is 0 Å². The SMILES string of the molecule is CCn1cc(CN2CCN(C(=O)/C=C/c3ccc(OC)cc3)CC2)c(C)n1. The smallest absolute Gasteiger partial charge is 0.246 e. The summed E-state index contributed by atoms with van der Waals surface area (Å²) in [5.41, 5.74) is 3.36. The summed E-state index contributed by atoms with van der Waals surface area (Å²) in [6.07, 6.45) is 5.65. The topological polar surface area (TPSA) is 50.6 Å². The molecule has 1 saturated heterocycles. The minimum Gasteiger partial charge on any atom is -0.497 e. The average Bonchev–Trinajstić information content (AvgIpc) is 3.06. The van der Waals surface area contributed by atoms with Gasteiger partial charge in [-0.3, -0.25) is 14.4 Å². The maximum absolute atomic E-state index is 12.4. The van der Waals surface area contributed by atoms with E-state index in [0.29, 0.717) is 0 Å². The number of aromatic nitrogens is 2. The third-order valence-electron chi connectivity index (χ3n) is 4.98. The molecule has 0 unspecified atom stereocenters. The highest BCUT2D eigenvalue weighted by molar-refractivity contribution is 5.91. The zero-order valence-electron chi connectivity index (χ0n) is 16.4. The van der Waals surface area contributed by atoms with Crippen molar-refractivity contribution >= 4 is 12.0 Å². The van der Waals surface area contributed by atoms with E-state index >= 15 is 0 Å². The molecule has 144 valence electrons. The zero-order chi connectivity index (χ0) is 19.2. The number of ether oxygens (including phenoxy) is 1. The van der Waals surface area contributed by atoms with Crippen LogP contribution in [0.2, 0.25) is 0 Å². The van der Waals surface area contributed by atoms with E-state index in [1.165, 1.54) is 5.56 Å². The van der Waals surface area contributed by atoms with E-state index in [2.05, 4.69) is 30.0 Å². The fraction of sp³-hybridized carbons (Fsp3) is 0.429. The summed E-state index contributed by atoms with van der Waals surface area (Å²) in [5.74, 6) is 0.884. The number of hydrogen-bond acceptors (Lipinski definition) is 4. The molecule has 6 nitrogen and oxygen atoms in total. The molecule has 0 saturated carbocycles. The Bertz CT molecular complexity index is 787. The van der Waals surface area contributed by atoms with E-state index in [4.69, 9.17) is 4.74 Å². The second kappa shape index (κ2) is 8.86. The summed E-state index contributed by atoms with van der Waals surface area (Å²) in [6.45, 7) is 9.24. The predicted octanol–water partition coefficient (Wildman–Crippen LogP) is 2.58. The first kappa shape index (κ1) is 19.2. The number of benzene rings is 1. The summed E-state index contributed by atoms with van der Waals surface area (Å²) >= 11 is 0. The van der Waals surface area contributed by atoms with Gasteiger partial charge in [0, 0.05) is 57.1 Å². The summed E-state index contributed by atoms with van der Waals surface area (Å²) in [6, 6.07) is 7.68. The minimum absolute atomic E-state index is 0.0699. The highest BCUT2D eigenvalue weighted by atomic mass is 16.5. The lowest BCUT2D eigenvalue weighted by Gasteiger charge is -2.34. The van der Waals surface area contributed by atoms with Crippen molar-refractivity contribution in [2.75, 3.05) is 33.3 Å². The lowest BCUT2D eigenvalue weighted by atomic mass is 10.2. The van der Waals surface area contributed by atoms with Crippen LogP contribution < -0.4 is 4.74 Å². The summed E-state index contributed by atoms with van der Waals surface area (Å²) in [7, 11) is 1.64. The first-order valence-corrected chi connectivity index (χ1v) is 9.45. The lowest BCUT2D eigenvalue weighted by Crippen LogP contribution is -2.47. The van der Waals surface area contributed by atoms with Gasteiger partial charge in [-0.05, 0) is 37.6 Å². The molecule has 0 atom stereocenters. The van der Waals surface area contributed by atoms with Crippen molar-refractivity contribution in [3.63, 3.8) is 0 Å². The molecule has 3 rings (SSSR count). The molecule has 0 aliphatic carbocycles. The second-order valence-corrected chi connectivity index (χ2v) is 6.80. The third-order valence-corrected chi connectivity index (χ3v) is 4.98. The molecule has 2 aromatic rings. The number of amides is 1. The molecule has 1 fully saturated rings. The minimum atomic E-state index is 0.0699. The highest BCUT2D eigenvalue weighted by Gasteiger charge is 2.20. The Morgan fingerprint density at radius 3 is 2.48 bits per heavy atom. The van der Waals surface area contributed by atoms with Crippen LogP contribution in [0.15, 0.2) is 36.5 Å². The Labute approximate surface area is 161 Å². The number of carbonyl (C=O) groups excluding carboxylic acids is 1. The molecule has 2 heterocycles. The number of rotatable bonds is 6. The summed E-state index contributed by atoms with van der Waals surface area (Å²) < 4.78 is 7.13. The van der Waals surface area contributed by atoms with E-state index in [1.807, 2.05) is 39.9 Å². The molecule has 1 aliphatic rings. The molecule has 1 aromatic carbocycles. The van der Waals surface area contributed by atoms with Crippen LogP contribution in [0.25, 0.3) is 6.08 Å². The molecular formula is C21H28N4O2. The Hall–Kier alpha value is -2.60. The van der Waals surface area contributed by atoms with Crippen molar-refractivity contribution in [1.82, 2.24) is 19.6 Å². The fourth-order valence-corrected chi connectivity index (χ4v) is 3.23. The lowest BCUT2D eigenvalue weighted by molar-refractivity contribution is -0.127. The molecular weight excluding hydrogens is 340 g/mol. The van der Waals surface area contributed by atoms with Crippen molar-refractivity contribution in [3.05, 3.63) is 53.4 Å². The van der Waals surface area contributed by atoms with Crippen LogP contribution >= 0.6 is 0 Å². The Morgan fingerprint density at radius 1 is 1.19 bits per heavy atom. The zero-order valence-corrected chi connectivity index (χ0v) is 16.4. The Morgan fingerprint density at radius 2 is 1.89 bits per heavy atom. The van der Waals surface area contributed by atoms with Gasteiger partial charge in [0.05, 0.1) is 12.8 Å². The number of methoxy groups -OCH3 is 1. The third kappa shape index (κ3) is 4.98. The van der Waals surface area contributed by atoms with E-state index in [-0.39, 0.29) is 5.91 Å². The molecule has 1 aliphatic heterocycles. The van der Waals surface area contributed by atoms with Crippen LogP contribution in [0.3, 0.4) is 0 Å². The van der Waals surface area contributed by atoms with Gasteiger partial charge in [-0.25, -0.2) is 0 Å². The van der Waals surface area contributed by atoms with Crippen molar-refractivity contribution < 1.29 is 9.53 Å². The van der Waals surface area contributed by atoms with Crippen LogP contribution in [0, 0.1) is 6.92 Å². The van der Waals surface area contributed by atoms with Crippen molar-refractivity contribution in [1.29, 1.82) is 0 Å². The first-order chi connectivity index (χ1) is 13.1. The highest BCUT2D eigenvalue weighted by Crippen LogP contribution is 2.14. The number of hydrogen-bond donors (Lipinski definition) is 0. The Balaban J connectivity index is 1.49. The van der Waals surface area contributed by atoms with Gasteiger partial charge in [0.25, 0.3) is 0 Å².